The van der Waals surface area contributed by atoms with Crippen LogP contribution in [0, 0.1) is 5.82 Å². The Hall–Kier alpha value is -2.92. The van der Waals surface area contributed by atoms with Crippen LogP contribution in [0.1, 0.15) is 36.2 Å². The van der Waals surface area contributed by atoms with Crippen LogP contribution in [0.2, 0.25) is 0 Å². The van der Waals surface area contributed by atoms with E-state index in [0.717, 1.165) is 54.7 Å². The summed E-state index contributed by atoms with van der Waals surface area (Å²) in [4.78, 5) is 3.05. The summed E-state index contributed by atoms with van der Waals surface area (Å²) in [5.74, 6) is -0.227. The molecule has 29 heavy (non-hydrogen) atoms. The topological polar surface area (TPSA) is 45.6 Å². The minimum atomic E-state index is -0.227. The molecule has 148 valence electrons. The molecule has 0 bridgehead atoms. The van der Waals surface area contributed by atoms with Crippen LogP contribution < -0.4 is 5.32 Å². The summed E-state index contributed by atoms with van der Waals surface area (Å²) in [5.41, 5.74) is 8.75. The molecular formula is C24H25FN4. The van der Waals surface area contributed by atoms with Gasteiger partial charge < -0.3 is 10.3 Å². The first-order chi connectivity index (χ1) is 14.2. The molecule has 0 fully saturated rings. The molecule has 0 radical (unpaired) electrons. The lowest BCUT2D eigenvalue weighted by molar-refractivity contribution is 0.635. The molecule has 0 amide bonds. The fraction of sp³-hybridized carbons (Fsp3) is 0.292. The second-order valence-electron chi connectivity index (χ2n) is 7.61. The minimum Gasteiger partial charge on any atom is -0.359 e. The first-order valence-corrected chi connectivity index (χ1v) is 10.4. The van der Waals surface area contributed by atoms with Gasteiger partial charge in [-0.3, -0.25) is 0 Å². The highest BCUT2D eigenvalue weighted by Gasteiger charge is 2.26. The molecule has 0 saturated heterocycles. The summed E-state index contributed by atoms with van der Waals surface area (Å²) in [5, 5.41) is 9.49. The van der Waals surface area contributed by atoms with Crippen LogP contribution in [0.3, 0.4) is 0 Å². The minimum absolute atomic E-state index is 0.227. The molecule has 0 aliphatic carbocycles. The maximum atomic E-state index is 14.4. The van der Waals surface area contributed by atoms with Crippen molar-refractivity contribution < 1.29 is 4.39 Å². The molecule has 5 rings (SSSR count). The summed E-state index contributed by atoms with van der Waals surface area (Å²) in [6, 6.07) is 11.9. The van der Waals surface area contributed by atoms with Crippen LogP contribution >= 0.6 is 0 Å². The van der Waals surface area contributed by atoms with Gasteiger partial charge in [0.05, 0.1) is 22.6 Å². The Labute approximate surface area is 169 Å². The first kappa shape index (κ1) is 18.1. The third kappa shape index (κ3) is 2.80. The number of para-hydroxylation sites is 1. The van der Waals surface area contributed by atoms with Crippen LogP contribution in [0.5, 0.6) is 0 Å². The van der Waals surface area contributed by atoms with Gasteiger partial charge in [-0.25, -0.2) is 9.07 Å². The number of nitrogens with one attached hydrogen (secondary N) is 2. The maximum absolute atomic E-state index is 14.4. The number of hydrogen-bond acceptors (Lipinski definition) is 2. The van der Waals surface area contributed by atoms with Crippen molar-refractivity contribution in [3.05, 3.63) is 70.8 Å². The van der Waals surface area contributed by atoms with E-state index in [4.69, 9.17) is 5.10 Å². The zero-order chi connectivity index (χ0) is 20.0. The normalized spacial score (nSPS) is 13.8. The Kier molecular flexibility index (Phi) is 4.47. The molecule has 4 nitrogen and oxygen atoms in total. The molecule has 2 aromatic heterocycles. The highest BCUT2D eigenvalue weighted by Crippen LogP contribution is 2.37. The second-order valence-corrected chi connectivity index (χ2v) is 7.61. The number of rotatable bonds is 4. The van der Waals surface area contributed by atoms with E-state index in [1.165, 1.54) is 22.4 Å². The fourth-order valence-electron chi connectivity index (χ4n) is 4.56. The van der Waals surface area contributed by atoms with Crippen molar-refractivity contribution in [2.45, 2.75) is 39.7 Å². The highest BCUT2D eigenvalue weighted by molar-refractivity contribution is 5.96. The molecule has 4 aromatic rings. The van der Waals surface area contributed by atoms with Crippen molar-refractivity contribution in [2.24, 2.45) is 0 Å². The molecule has 0 atom stereocenters. The van der Waals surface area contributed by atoms with Gasteiger partial charge in [0.1, 0.15) is 5.82 Å². The molecule has 2 aromatic carbocycles. The number of aromatic amines is 1. The smallest absolute Gasteiger partial charge is 0.147 e. The molecular weight excluding hydrogens is 363 g/mol. The van der Waals surface area contributed by atoms with E-state index in [-0.39, 0.29) is 5.82 Å². The Morgan fingerprint density at radius 3 is 2.62 bits per heavy atom. The van der Waals surface area contributed by atoms with Gasteiger partial charge in [0.2, 0.25) is 0 Å². The van der Waals surface area contributed by atoms with Crippen LogP contribution in [0.25, 0.3) is 27.8 Å². The highest BCUT2D eigenvalue weighted by atomic mass is 19.1. The number of halogens is 1. The van der Waals surface area contributed by atoms with Gasteiger partial charge in [0.15, 0.2) is 0 Å². The van der Waals surface area contributed by atoms with Crippen molar-refractivity contribution in [2.75, 3.05) is 6.54 Å². The monoisotopic (exact) mass is 388 g/mol. The number of H-pyrrole nitrogens is 1. The standard InChI is InChI=1S/C24H25FN4/c1-3-15-6-5-7-16(4-2)23(15)29-24(19-14-26-12-11-21(19)28-29)18-8-9-20(25)22-17(18)10-13-27-22/h5-10,13,26-27H,3-4,11-12,14H2,1-2H3. The maximum Gasteiger partial charge on any atom is 0.147 e. The number of nitrogens with zero attached hydrogens (tertiary/aromatic N) is 2. The summed E-state index contributed by atoms with van der Waals surface area (Å²) in [6.45, 7) is 6.09. The second kappa shape index (κ2) is 7.16. The average Bonchev–Trinajstić information content (AvgIpc) is 3.39. The summed E-state index contributed by atoms with van der Waals surface area (Å²) in [7, 11) is 0. The van der Waals surface area contributed by atoms with Crippen LogP contribution in [0.15, 0.2) is 42.6 Å². The van der Waals surface area contributed by atoms with Crippen molar-refractivity contribution >= 4 is 10.9 Å². The Morgan fingerprint density at radius 1 is 1.07 bits per heavy atom. The predicted molar refractivity (Wildman–Crippen MR) is 115 cm³/mol. The number of aromatic nitrogens is 3. The number of hydrogen-bond donors (Lipinski definition) is 2. The molecule has 0 saturated carbocycles. The SMILES string of the molecule is CCc1cccc(CC)c1-n1nc2c(c1-c1ccc(F)c3[nH]ccc13)CNCC2. The molecule has 1 aliphatic rings. The zero-order valence-corrected chi connectivity index (χ0v) is 16.8. The number of benzene rings is 2. The molecule has 2 N–H and O–H groups in total. The summed E-state index contributed by atoms with van der Waals surface area (Å²) >= 11 is 0. The molecule has 3 heterocycles. The van der Waals surface area contributed by atoms with Crippen molar-refractivity contribution in [3.8, 4) is 16.9 Å². The largest absolute Gasteiger partial charge is 0.359 e. The van der Waals surface area contributed by atoms with Gasteiger partial charge in [-0.15, -0.1) is 0 Å². The van der Waals surface area contributed by atoms with Crippen LogP contribution in [-0.2, 0) is 25.8 Å². The van der Waals surface area contributed by atoms with Crippen LogP contribution in [-0.4, -0.2) is 21.3 Å². The average molecular weight is 388 g/mol. The molecule has 0 unspecified atom stereocenters. The third-order valence-electron chi connectivity index (χ3n) is 6.01. The van der Waals surface area contributed by atoms with Crippen molar-refractivity contribution in [3.63, 3.8) is 0 Å². The summed E-state index contributed by atoms with van der Waals surface area (Å²) < 4.78 is 16.5. The van der Waals surface area contributed by atoms with Crippen molar-refractivity contribution in [1.82, 2.24) is 20.1 Å². The number of fused-ring (bicyclic) bond motifs is 2. The predicted octanol–water partition coefficient (Wildman–Crippen LogP) is 4.93. The van der Waals surface area contributed by atoms with Crippen LogP contribution in [0.4, 0.5) is 4.39 Å². The van der Waals surface area contributed by atoms with Gasteiger partial charge in [0, 0.05) is 42.2 Å². The van der Waals surface area contributed by atoms with Gasteiger partial charge in [-0.2, -0.15) is 5.10 Å². The van der Waals surface area contributed by atoms with E-state index in [2.05, 4.69) is 47.0 Å². The van der Waals surface area contributed by atoms with Crippen molar-refractivity contribution in [1.29, 1.82) is 0 Å². The van der Waals surface area contributed by atoms with Gasteiger partial charge in [-0.1, -0.05) is 32.0 Å². The summed E-state index contributed by atoms with van der Waals surface area (Å²) in [6.07, 6.45) is 4.59. The van der Waals surface area contributed by atoms with Gasteiger partial charge >= 0.3 is 0 Å². The molecule has 5 heteroatoms. The van der Waals surface area contributed by atoms with Gasteiger partial charge in [-0.05, 0) is 42.2 Å². The number of aryl methyl sites for hydroxylation is 2. The van der Waals surface area contributed by atoms with E-state index in [0.29, 0.717) is 5.52 Å². The molecule has 1 aliphatic heterocycles. The Bertz CT molecular complexity index is 1180. The van der Waals surface area contributed by atoms with E-state index in [1.807, 2.05) is 12.1 Å². The quantitative estimate of drug-likeness (QED) is 0.521. The Balaban J connectivity index is 1.87. The van der Waals surface area contributed by atoms with E-state index < -0.39 is 0 Å². The lowest BCUT2D eigenvalue weighted by atomic mass is 9.98. The first-order valence-electron chi connectivity index (χ1n) is 10.4. The van der Waals surface area contributed by atoms with E-state index >= 15 is 0 Å². The third-order valence-corrected chi connectivity index (χ3v) is 6.01. The van der Waals surface area contributed by atoms with Gasteiger partial charge in [0.25, 0.3) is 0 Å². The fourth-order valence-corrected chi connectivity index (χ4v) is 4.56. The Morgan fingerprint density at radius 2 is 1.86 bits per heavy atom. The molecule has 0 spiro atoms. The van der Waals surface area contributed by atoms with E-state index in [1.54, 1.807) is 12.3 Å². The lowest BCUT2D eigenvalue weighted by Gasteiger charge is -2.18. The zero-order valence-electron chi connectivity index (χ0n) is 16.8. The van der Waals surface area contributed by atoms with E-state index in [9.17, 15) is 4.39 Å². The lowest BCUT2D eigenvalue weighted by Crippen LogP contribution is -2.23.